The van der Waals surface area contributed by atoms with Gasteiger partial charge in [0.05, 0.1) is 22.7 Å². The molecule has 7 nitrogen and oxygen atoms in total. The van der Waals surface area contributed by atoms with Crippen LogP contribution in [0, 0.1) is 6.92 Å². The Kier molecular flexibility index (Phi) is 5.47. The van der Waals surface area contributed by atoms with Crippen LogP contribution in [0.1, 0.15) is 27.0 Å². The Morgan fingerprint density at radius 3 is 2.73 bits per heavy atom. The summed E-state index contributed by atoms with van der Waals surface area (Å²) in [4.78, 5) is 46.1. The molecule has 2 amide bonds. The molecule has 0 fully saturated rings. The summed E-state index contributed by atoms with van der Waals surface area (Å²) in [5.74, 6) is -0.456. The van der Waals surface area contributed by atoms with Crippen molar-refractivity contribution in [2.24, 2.45) is 0 Å². The number of hydrogen-bond acceptors (Lipinski definition) is 6. The van der Waals surface area contributed by atoms with Gasteiger partial charge in [0.15, 0.2) is 5.13 Å². The zero-order valence-electron chi connectivity index (χ0n) is 16.2. The molecule has 0 unspecified atom stereocenters. The maximum atomic E-state index is 12.9. The number of thiazole rings is 1. The standard InChI is InChI=1S/C21H18N4O3S2/c1-11-19(17-8-7-13(30-17)10-22-12(2)26)24-21(29-11)25-20(28)15-9-18(27)23-16-6-4-3-5-14(15)16/h3-9H,10H2,1-2H3,(H,22,26)(H,23,27)(H,24,25,28). The molecule has 0 bridgehead atoms. The van der Waals surface area contributed by atoms with Gasteiger partial charge in [0, 0.05) is 33.6 Å². The number of aromatic amines is 1. The van der Waals surface area contributed by atoms with E-state index in [9.17, 15) is 14.4 Å². The van der Waals surface area contributed by atoms with Crippen LogP contribution >= 0.6 is 22.7 Å². The van der Waals surface area contributed by atoms with Crippen molar-refractivity contribution in [2.75, 3.05) is 5.32 Å². The molecular formula is C21H18N4O3S2. The quantitative estimate of drug-likeness (QED) is 0.439. The lowest BCUT2D eigenvalue weighted by molar-refractivity contribution is -0.119. The third-order valence-corrected chi connectivity index (χ3v) is 6.40. The molecule has 0 aliphatic rings. The summed E-state index contributed by atoms with van der Waals surface area (Å²) < 4.78 is 0. The SMILES string of the molecule is CC(=O)NCc1ccc(-c2nc(NC(=O)c3cc(=O)[nH]c4ccccc34)sc2C)s1. The van der Waals surface area contributed by atoms with Crippen LogP contribution in [-0.2, 0) is 11.3 Å². The lowest BCUT2D eigenvalue weighted by Crippen LogP contribution is -2.17. The predicted molar refractivity (Wildman–Crippen MR) is 120 cm³/mol. The van der Waals surface area contributed by atoms with Gasteiger partial charge in [-0.2, -0.15) is 0 Å². The Labute approximate surface area is 179 Å². The van der Waals surface area contributed by atoms with E-state index in [-0.39, 0.29) is 17.4 Å². The summed E-state index contributed by atoms with van der Waals surface area (Å²) in [5.41, 5.74) is 1.37. The third-order valence-electron chi connectivity index (χ3n) is 4.42. The van der Waals surface area contributed by atoms with Gasteiger partial charge in [0.2, 0.25) is 11.5 Å². The predicted octanol–water partition coefficient (Wildman–Crippen LogP) is 3.91. The Hall–Kier alpha value is -3.30. The average Bonchev–Trinajstić information content (AvgIpc) is 3.31. The summed E-state index contributed by atoms with van der Waals surface area (Å²) in [5, 5.41) is 6.73. The van der Waals surface area contributed by atoms with E-state index in [1.165, 1.54) is 24.3 Å². The van der Waals surface area contributed by atoms with Crippen molar-refractivity contribution in [3.63, 3.8) is 0 Å². The molecule has 0 saturated heterocycles. The van der Waals surface area contributed by atoms with Gasteiger partial charge in [-0.15, -0.1) is 22.7 Å². The number of carbonyl (C=O) groups is 2. The van der Waals surface area contributed by atoms with E-state index in [4.69, 9.17) is 0 Å². The average molecular weight is 439 g/mol. The van der Waals surface area contributed by atoms with Gasteiger partial charge in [-0.05, 0) is 25.1 Å². The van der Waals surface area contributed by atoms with E-state index in [0.29, 0.717) is 28.1 Å². The molecule has 0 aliphatic carbocycles. The Bertz CT molecular complexity index is 1320. The van der Waals surface area contributed by atoms with Gasteiger partial charge in [0.25, 0.3) is 5.91 Å². The molecule has 30 heavy (non-hydrogen) atoms. The number of H-pyrrole nitrogens is 1. The van der Waals surface area contributed by atoms with Crippen LogP contribution in [0.3, 0.4) is 0 Å². The highest BCUT2D eigenvalue weighted by Gasteiger charge is 2.17. The van der Waals surface area contributed by atoms with Crippen LogP contribution in [0.5, 0.6) is 0 Å². The van der Waals surface area contributed by atoms with E-state index >= 15 is 0 Å². The Morgan fingerprint density at radius 1 is 1.13 bits per heavy atom. The fourth-order valence-electron chi connectivity index (χ4n) is 3.05. The maximum absolute atomic E-state index is 12.9. The van der Waals surface area contributed by atoms with Gasteiger partial charge >= 0.3 is 0 Å². The van der Waals surface area contributed by atoms with Crippen LogP contribution in [0.15, 0.2) is 47.3 Å². The van der Waals surface area contributed by atoms with Crippen LogP contribution in [0.25, 0.3) is 21.5 Å². The van der Waals surface area contributed by atoms with E-state index in [2.05, 4.69) is 20.6 Å². The zero-order chi connectivity index (χ0) is 21.3. The van der Waals surface area contributed by atoms with Crippen molar-refractivity contribution in [2.45, 2.75) is 20.4 Å². The molecule has 0 saturated carbocycles. The molecule has 9 heteroatoms. The van der Waals surface area contributed by atoms with Gasteiger partial charge in [-0.3, -0.25) is 19.7 Å². The van der Waals surface area contributed by atoms with Crippen LogP contribution in [0.2, 0.25) is 0 Å². The number of fused-ring (bicyclic) bond motifs is 1. The molecule has 3 heterocycles. The number of amides is 2. The van der Waals surface area contributed by atoms with Gasteiger partial charge < -0.3 is 10.3 Å². The zero-order valence-corrected chi connectivity index (χ0v) is 17.9. The number of rotatable bonds is 5. The van der Waals surface area contributed by atoms with Crippen LogP contribution in [-0.4, -0.2) is 21.8 Å². The van der Waals surface area contributed by atoms with Gasteiger partial charge in [0.1, 0.15) is 0 Å². The van der Waals surface area contributed by atoms with E-state index < -0.39 is 0 Å². The second kappa shape index (κ2) is 8.21. The Morgan fingerprint density at radius 2 is 1.93 bits per heavy atom. The highest BCUT2D eigenvalue weighted by Crippen LogP contribution is 2.35. The minimum Gasteiger partial charge on any atom is -0.351 e. The molecule has 4 rings (SSSR count). The fraction of sp³-hybridized carbons (Fsp3) is 0.143. The van der Waals surface area contributed by atoms with Crippen molar-refractivity contribution in [3.8, 4) is 10.6 Å². The van der Waals surface area contributed by atoms with Crippen molar-refractivity contribution < 1.29 is 9.59 Å². The lowest BCUT2D eigenvalue weighted by Gasteiger charge is -2.05. The van der Waals surface area contributed by atoms with E-state index in [0.717, 1.165) is 20.3 Å². The van der Waals surface area contributed by atoms with Crippen LogP contribution in [0.4, 0.5) is 5.13 Å². The first-order valence-corrected chi connectivity index (χ1v) is 10.8. The molecular weight excluding hydrogens is 420 g/mol. The molecule has 0 radical (unpaired) electrons. The lowest BCUT2D eigenvalue weighted by atomic mass is 10.1. The number of aromatic nitrogens is 2. The minimum atomic E-state index is -0.380. The first kappa shape index (κ1) is 20.0. The minimum absolute atomic E-state index is 0.0768. The number of carbonyl (C=O) groups excluding carboxylic acids is 2. The Balaban J connectivity index is 1.58. The van der Waals surface area contributed by atoms with Crippen LogP contribution < -0.4 is 16.2 Å². The summed E-state index contributed by atoms with van der Waals surface area (Å²) >= 11 is 2.92. The van der Waals surface area contributed by atoms with Crippen molar-refractivity contribution in [1.82, 2.24) is 15.3 Å². The number of nitrogens with zero attached hydrogens (tertiary/aromatic N) is 1. The smallest absolute Gasteiger partial charge is 0.258 e. The number of hydrogen-bond donors (Lipinski definition) is 3. The number of thiophene rings is 1. The molecule has 152 valence electrons. The number of benzene rings is 1. The highest BCUT2D eigenvalue weighted by atomic mass is 32.1. The van der Waals surface area contributed by atoms with E-state index in [1.807, 2.05) is 25.1 Å². The van der Waals surface area contributed by atoms with Crippen molar-refractivity contribution in [1.29, 1.82) is 0 Å². The topological polar surface area (TPSA) is 104 Å². The number of anilines is 1. The largest absolute Gasteiger partial charge is 0.351 e. The van der Waals surface area contributed by atoms with Crippen molar-refractivity contribution in [3.05, 3.63) is 68.1 Å². The third kappa shape index (κ3) is 4.17. The van der Waals surface area contributed by atoms with Gasteiger partial charge in [-0.1, -0.05) is 18.2 Å². The second-order valence-corrected chi connectivity index (χ2v) is 9.02. The molecule has 3 aromatic heterocycles. The van der Waals surface area contributed by atoms with E-state index in [1.54, 1.807) is 29.5 Å². The highest BCUT2D eigenvalue weighted by molar-refractivity contribution is 7.18. The van der Waals surface area contributed by atoms with Crippen molar-refractivity contribution >= 4 is 50.5 Å². The second-order valence-electron chi connectivity index (χ2n) is 6.65. The fourth-order valence-corrected chi connectivity index (χ4v) is 4.93. The first-order chi connectivity index (χ1) is 14.4. The number of nitrogens with one attached hydrogen (secondary N) is 3. The molecule has 0 atom stereocenters. The summed E-state index contributed by atoms with van der Waals surface area (Å²) in [6, 6.07) is 12.4. The normalized spacial score (nSPS) is 10.9. The molecule has 3 N–H and O–H groups in total. The molecule has 0 aliphatic heterocycles. The molecule has 1 aromatic carbocycles. The molecule has 4 aromatic rings. The maximum Gasteiger partial charge on any atom is 0.258 e. The number of para-hydroxylation sites is 1. The summed E-state index contributed by atoms with van der Waals surface area (Å²) in [7, 11) is 0. The first-order valence-electron chi connectivity index (χ1n) is 9.15. The summed E-state index contributed by atoms with van der Waals surface area (Å²) in [6.07, 6.45) is 0. The van der Waals surface area contributed by atoms with Gasteiger partial charge in [-0.25, -0.2) is 4.98 Å². The number of aryl methyl sites for hydroxylation is 1. The summed E-state index contributed by atoms with van der Waals surface area (Å²) in [6.45, 7) is 3.90. The molecule has 0 spiro atoms. The number of pyridine rings is 1. The monoisotopic (exact) mass is 438 g/mol.